The average Bonchev–Trinajstić information content (AvgIpc) is 3.44. The Morgan fingerprint density at radius 1 is 1.41 bits per heavy atom. The van der Waals surface area contributed by atoms with E-state index in [1.807, 2.05) is 0 Å². The number of ether oxygens (including phenoxy) is 1. The number of benzene rings is 1. The number of carbonyl (C=O) groups is 1. The van der Waals surface area contributed by atoms with Gasteiger partial charge in [0.1, 0.15) is 17.0 Å². The number of aliphatic hydroxyl groups is 1. The topological polar surface area (TPSA) is 107 Å². The van der Waals surface area contributed by atoms with E-state index in [1.165, 1.54) is 10.7 Å². The summed E-state index contributed by atoms with van der Waals surface area (Å²) in [5.74, 6) is 0.491. The van der Waals surface area contributed by atoms with Gasteiger partial charge in [0.25, 0.3) is 5.91 Å². The fourth-order valence-corrected chi connectivity index (χ4v) is 3.84. The van der Waals surface area contributed by atoms with Crippen LogP contribution in [0.2, 0.25) is 5.02 Å². The number of anilines is 1. The summed E-state index contributed by atoms with van der Waals surface area (Å²) in [5.41, 5.74) is 2.37. The van der Waals surface area contributed by atoms with Crippen LogP contribution >= 0.6 is 11.6 Å². The highest BCUT2D eigenvalue weighted by atomic mass is 35.5. The van der Waals surface area contributed by atoms with Crippen molar-refractivity contribution in [2.75, 3.05) is 12.4 Å². The zero-order valence-electron chi connectivity index (χ0n) is 17.3. The Balaban J connectivity index is 1.53. The Kier molecular flexibility index (Phi) is 5.28. The third-order valence-corrected chi connectivity index (χ3v) is 5.73. The van der Waals surface area contributed by atoms with E-state index in [4.69, 9.17) is 16.3 Å². The first kappa shape index (κ1) is 20.5. The molecule has 1 saturated carbocycles. The van der Waals surface area contributed by atoms with E-state index < -0.39 is 6.10 Å². The zero-order chi connectivity index (χ0) is 22.2. The van der Waals surface area contributed by atoms with Gasteiger partial charge in [0, 0.05) is 29.2 Å². The summed E-state index contributed by atoms with van der Waals surface area (Å²) >= 11 is 6.23. The van der Waals surface area contributed by atoms with Crippen LogP contribution in [0, 0.1) is 5.92 Å². The van der Waals surface area contributed by atoms with Crippen LogP contribution in [0.1, 0.15) is 23.2 Å². The van der Waals surface area contributed by atoms with Gasteiger partial charge < -0.3 is 15.2 Å². The lowest BCUT2D eigenvalue weighted by Crippen LogP contribution is -2.18. The third kappa shape index (κ3) is 3.92. The minimum atomic E-state index is -0.489. The van der Waals surface area contributed by atoms with Gasteiger partial charge in [0.05, 0.1) is 31.6 Å². The third-order valence-electron chi connectivity index (χ3n) is 5.49. The Hall–Kier alpha value is -3.43. The van der Waals surface area contributed by atoms with Crippen molar-refractivity contribution in [3.05, 3.63) is 59.6 Å². The second-order valence-electron chi connectivity index (χ2n) is 7.76. The molecule has 0 unspecified atom stereocenters. The molecule has 2 N–H and O–H groups in total. The minimum Gasteiger partial charge on any atom is -0.496 e. The molecule has 4 aromatic rings. The van der Waals surface area contributed by atoms with Gasteiger partial charge >= 0.3 is 0 Å². The number of amides is 1. The molecule has 1 atom stereocenters. The number of aliphatic hydroxyl groups excluding tert-OH is 1. The lowest BCUT2D eigenvalue weighted by atomic mass is 10.1. The Labute approximate surface area is 188 Å². The average molecular weight is 453 g/mol. The van der Waals surface area contributed by atoms with Gasteiger partial charge in [-0.15, -0.1) is 0 Å². The fourth-order valence-electron chi connectivity index (χ4n) is 3.67. The molecule has 0 saturated heterocycles. The highest BCUT2D eigenvalue weighted by Crippen LogP contribution is 2.37. The van der Waals surface area contributed by atoms with Crippen molar-refractivity contribution < 1.29 is 14.6 Å². The van der Waals surface area contributed by atoms with Crippen LogP contribution < -0.4 is 10.1 Å². The summed E-state index contributed by atoms with van der Waals surface area (Å²) in [4.78, 5) is 17.3. The molecular weight excluding hydrogens is 432 g/mol. The molecule has 164 valence electrons. The van der Waals surface area contributed by atoms with E-state index in [0.717, 1.165) is 12.8 Å². The van der Waals surface area contributed by atoms with Crippen LogP contribution in [0.5, 0.6) is 5.75 Å². The first-order valence-corrected chi connectivity index (χ1v) is 10.6. The minimum absolute atomic E-state index is 0.297. The monoisotopic (exact) mass is 452 g/mol. The van der Waals surface area contributed by atoms with Crippen molar-refractivity contribution >= 4 is 28.8 Å². The van der Waals surface area contributed by atoms with Gasteiger partial charge in [0.15, 0.2) is 5.65 Å². The maximum Gasteiger partial charge on any atom is 0.261 e. The number of nitrogens with one attached hydrogen (secondary N) is 1. The van der Waals surface area contributed by atoms with Crippen molar-refractivity contribution in [2.45, 2.75) is 25.5 Å². The molecule has 5 rings (SSSR count). The summed E-state index contributed by atoms with van der Waals surface area (Å²) in [7, 11) is 1.56. The maximum atomic E-state index is 13.1. The van der Waals surface area contributed by atoms with Gasteiger partial charge in [-0.3, -0.25) is 9.48 Å². The van der Waals surface area contributed by atoms with Gasteiger partial charge in [-0.2, -0.15) is 10.2 Å². The van der Waals surface area contributed by atoms with Crippen molar-refractivity contribution in [1.29, 1.82) is 0 Å². The highest BCUT2D eigenvalue weighted by molar-refractivity contribution is 6.31. The molecular formula is C22H21ClN6O3. The van der Waals surface area contributed by atoms with E-state index in [9.17, 15) is 9.90 Å². The van der Waals surface area contributed by atoms with E-state index in [2.05, 4.69) is 20.5 Å². The summed E-state index contributed by atoms with van der Waals surface area (Å²) in [6.45, 7) is 0.328. The molecule has 32 heavy (non-hydrogen) atoms. The Bertz CT molecular complexity index is 1300. The second kappa shape index (κ2) is 8.25. The van der Waals surface area contributed by atoms with Crippen molar-refractivity contribution in [3.8, 4) is 17.0 Å². The summed E-state index contributed by atoms with van der Waals surface area (Å²) in [5, 5.41) is 22.6. The van der Waals surface area contributed by atoms with Gasteiger partial charge in [-0.25, -0.2) is 9.50 Å². The van der Waals surface area contributed by atoms with Crippen LogP contribution in [-0.4, -0.2) is 48.6 Å². The maximum absolute atomic E-state index is 13.1. The molecule has 10 heteroatoms. The molecule has 0 radical (unpaired) electrons. The number of fused-ring (bicyclic) bond motifs is 1. The smallest absolute Gasteiger partial charge is 0.261 e. The molecule has 3 aromatic heterocycles. The first-order chi connectivity index (χ1) is 15.5. The van der Waals surface area contributed by atoms with Gasteiger partial charge in [-0.05, 0) is 43.0 Å². The molecule has 1 aliphatic rings. The number of halogens is 1. The Morgan fingerprint density at radius 3 is 3.03 bits per heavy atom. The van der Waals surface area contributed by atoms with Crippen LogP contribution in [0.4, 0.5) is 5.69 Å². The zero-order valence-corrected chi connectivity index (χ0v) is 18.0. The fraction of sp³-hybridized carbons (Fsp3) is 0.273. The SMILES string of the molecule is COc1ccc(Cl)cc1-c1nn(C[C@@H](O)C2CC2)cc1NC(=O)c1cnn2cccnc12. The first-order valence-electron chi connectivity index (χ1n) is 10.2. The highest BCUT2D eigenvalue weighted by Gasteiger charge is 2.30. The molecule has 0 bridgehead atoms. The van der Waals surface area contributed by atoms with Gasteiger partial charge in [0.2, 0.25) is 0 Å². The quantitative estimate of drug-likeness (QED) is 0.445. The van der Waals surface area contributed by atoms with E-state index in [-0.39, 0.29) is 5.91 Å². The number of rotatable bonds is 7. The van der Waals surface area contributed by atoms with E-state index in [0.29, 0.717) is 51.4 Å². The van der Waals surface area contributed by atoms with Crippen molar-refractivity contribution in [1.82, 2.24) is 24.4 Å². The molecule has 3 heterocycles. The lowest BCUT2D eigenvalue weighted by Gasteiger charge is -2.10. The molecule has 1 aliphatic carbocycles. The molecule has 1 amide bonds. The normalized spacial score (nSPS) is 14.5. The van der Waals surface area contributed by atoms with Crippen LogP contribution in [0.3, 0.4) is 0 Å². The largest absolute Gasteiger partial charge is 0.496 e. The standard InChI is InChI=1S/C22H21ClN6O3/c1-32-19-6-5-14(23)9-15(19)20-17(11-28(27-20)12-18(30)13-3-4-13)26-22(31)16-10-25-29-8-2-7-24-21(16)29/h2,5-11,13,18,30H,3-4,12H2,1H3,(H,26,31)/t18-/m1/s1. The van der Waals surface area contributed by atoms with Crippen LogP contribution in [0.25, 0.3) is 16.9 Å². The number of aromatic nitrogens is 5. The predicted octanol–water partition coefficient (Wildman–Crippen LogP) is 3.28. The molecule has 1 aromatic carbocycles. The number of nitrogens with zero attached hydrogens (tertiary/aromatic N) is 5. The van der Waals surface area contributed by atoms with Crippen LogP contribution in [0.15, 0.2) is 49.1 Å². The number of hydrogen-bond donors (Lipinski definition) is 2. The summed E-state index contributed by atoms with van der Waals surface area (Å²) < 4.78 is 8.66. The van der Waals surface area contributed by atoms with Crippen molar-refractivity contribution in [2.24, 2.45) is 5.92 Å². The summed E-state index contributed by atoms with van der Waals surface area (Å²) in [6.07, 6.45) is 8.05. The number of methoxy groups -OCH3 is 1. The molecule has 1 fully saturated rings. The van der Waals surface area contributed by atoms with E-state index >= 15 is 0 Å². The van der Waals surface area contributed by atoms with Crippen molar-refractivity contribution in [3.63, 3.8) is 0 Å². The van der Waals surface area contributed by atoms with E-state index in [1.54, 1.807) is 54.6 Å². The molecule has 0 spiro atoms. The van der Waals surface area contributed by atoms with Crippen LogP contribution in [-0.2, 0) is 6.54 Å². The predicted molar refractivity (Wildman–Crippen MR) is 119 cm³/mol. The Morgan fingerprint density at radius 2 is 2.25 bits per heavy atom. The lowest BCUT2D eigenvalue weighted by molar-refractivity contribution is 0.102. The molecule has 0 aliphatic heterocycles. The number of carbonyl (C=O) groups excluding carboxylic acids is 1. The van der Waals surface area contributed by atoms with Gasteiger partial charge in [-0.1, -0.05) is 11.6 Å². The number of hydrogen-bond acceptors (Lipinski definition) is 6. The molecule has 9 nitrogen and oxygen atoms in total. The summed E-state index contributed by atoms with van der Waals surface area (Å²) in [6, 6.07) is 6.94. The second-order valence-corrected chi connectivity index (χ2v) is 8.20.